The number of nitrogens with one attached hydrogen (secondary N) is 1. The van der Waals surface area contributed by atoms with Crippen molar-refractivity contribution in [2.75, 3.05) is 0 Å². The number of nitrogens with zero attached hydrogens (tertiary/aromatic N) is 2. The Morgan fingerprint density at radius 1 is 0.833 bits per heavy atom. The predicted octanol–water partition coefficient (Wildman–Crippen LogP) is 6.05. The van der Waals surface area contributed by atoms with Crippen molar-refractivity contribution in [3.63, 3.8) is 0 Å². The highest BCUT2D eigenvalue weighted by Gasteiger charge is 2.08. The van der Waals surface area contributed by atoms with E-state index < -0.39 is 0 Å². The van der Waals surface area contributed by atoms with E-state index in [1.165, 1.54) is 0 Å². The highest BCUT2D eigenvalue weighted by molar-refractivity contribution is 6.42. The van der Waals surface area contributed by atoms with Crippen LogP contribution in [0.1, 0.15) is 15.9 Å². The summed E-state index contributed by atoms with van der Waals surface area (Å²) >= 11 is 12.1. The third-order valence-electron chi connectivity index (χ3n) is 4.63. The maximum absolute atomic E-state index is 12.5. The molecule has 0 saturated carbocycles. The first kappa shape index (κ1) is 20.1. The maximum Gasteiger partial charge on any atom is 0.251 e. The van der Waals surface area contributed by atoms with E-state index in [0.29, 0.717) is 22.2 Å². The quantitative estimate of drug-likeness (QED) is 0.416. The number of halogens is 2. The van der Waals surface area contributed by atoms with Crippen LogP contribution in [0, 0.1) is 0 Å². The topological polar surface area (TPSA) is 54.9 Å². The Balaban J connectivity index is 1.43. The van der Waals surface area contributed by atoms with Gasteiger partial charge in [-0.15, -0.1) is 0 Å². The van der Waals surface area contributed by atoms with E-state index in [2.05, 4.69) is 15.3 Å². The van der Waals surface area contributed by atoms with Gasteiger partial charge in [0.1, 0.15) is 0 Å². The molecule has 0 spiro atoms. The lowest BCUT2D eigenvalue weighted by Crippen LogP contribution is -2.22. The minimum absolute atomic E-state index is 0.143. The van der Waals surface area contributed by atoms with Gasteiger partial charge >= 0.3 is 0 Å². The summed E-state index contributed by atoms with van der Waals surface area (Å²) in [4.78, 5) is 21.0. The summed E-state index contributed by atoms with van der Waals surface area (Å²) in [7, 11) is 0. The Morgan fingerprint density at radius 2 is 1.63 bits per heavy atom. The summed E-state index contributed by atoms with van der Waals surface area (Å²) < 4.78 is 0. The van der Waals surface area contributed by atoms with Crippen LogP contribution in [0.5, 0.6) is 0 Å². The van der Waals surface area contributed by atoms with Crippen molar-refractivity contribution in [2.24, 2.45) is 0 Å². The number of amides is 1. The fourth-order valence-electron chi connectivity index (χ4n) is 3.03. The van der Waals surface area contributed by atoms with Crippen molar-refractivity contribution in [3.05, 3.63) is 106 Å². The molecule has 30 heavy (non-hydrogen) atoms. The third-order valence-corrected chi connectivity index (χ3v) is 5.37. The van der Waals surface area contributed by atoms with Crippen molar-refractivity contribution in [1.29, 1.82) is 0 Å². The minimum atomic E-state index is -0.143. The molecule has 0 bridgehead atoms. The molecule has 0 radical (unpaired) electrons. The SMILES string of the molecule is O=C(NCc1ccnc(-c2cccnc2)c1)c1ccc(-c2ccc(Cl)c(Cl)c2)cc1. The van der Waals surface area contributed by atoms with Gasteiger partial charge in [-0.3, -0.25) is 14.8 Å². The van der Waals surface area contributed by atoms with Gasteiger partial charge in [0.05, 0.1) is 15.7 Å². The Kier molecular flexibility index (Phi) is 6.07. The molecule has 1 N–H and O–H groups in total. The molecule has 0 atom stereocenters. The van der Waals surface area contributed by atoms with E-state index in [-0.39, 0.29) is 5.91 Å². The molecule has 2 aromatic heterocycles. The smallest absolute Gasteiger partial charge is 0.251 e. The van der Waals surface area contributed by atoms with Gasteiger partial charge in [0.15, 0.2) is 0 Å². The number of hydrogen-bond donors (Lipinski definition) is 1. The molecule has 0 aliphatic heterocycles. The van der Waals surface area contributed by atoms with Crippen LogP contribution < -0.4 is 5.32 Å². The number of benzene rings is 2. The summed E-state index contributed by atoms with van der Waals surface area (Å²) in [6, 6.07) is 20.5. The summed E-state index contributed by atoms with van der Waals surface area (Å²) in [5, 5.41) is 3.96. The van der Waals surface area contributed by atoms with E-state index in [9.17, 15) is 4.79 Å². The van der Waals surface area contributed by atoms with Crippen molar-refractivity contribution < 1.29 is 4.79 Å². The van der Waals surface area contributed by atoms with Crippen LogP contribution in [0.3, 0.4) is 0 Å². The van der Waals surface area contributed by atoms with Crippen molar-refractivity contribution >= 4 is 29.1 Å². The molecule has 4 aromatic rings. The number of aromatic nitrogens is 2. The zero-order valence-corrected chi connectivity index (χ0v) is 17.4. The molecule has 0 aliphatic carbocycles. The van der Waals surface area contributed by atoms with Crippen LogP contribution in [0.2, 0.25) is 10.0 Å². The number of carbonyl (C=O) groups is 1. The Labute approximate surface area is 184 Å². The molecule has 0 fully saturated rings. The molecular formula is C24H17Cl2N3O. The first-order valence-corrected chi connectivity index (χ1v) is 10.0. The second kappa shape index (κ2) is 9.08. The van der Waals surface area contributed by atoms with Crippen LogP contribution in [0.4, 0.5) is 0 Å². The predicted molar refractivity (Wildman–Crippen MR) is 121 cm³/mol. The summed E-state index contributed by atoms with van der Waals surface area (Å²) in [5.74, 6) is -0.143. The van der Waals surface area contributed by atoms with E-state index in [1.54, 1.807) is 36.8 Å². The molecule has 2 heterocycles. The lowest BCUT2D eigenvalue weighted by molar-refractivity contribution is 0.0951. The van der Waals surface area contributed by atoms with Gasteiger partial charge in [0, 0.05) is 36.3 Å². The van der Waals surface area contributed by atoms with Crippen LogP contribution in [-0.4, -0.2) is 15.9 Å². The van der Waals surface area contributed by atoms with Gasteiger partial charge in [-0.25, -0.2) is 0 Å². The van der Waals surface area contributed by atoms with Crippen LogP contribution >= 0.6 is 23.2 Å². The average Bonchev–Trinajstić information content (AvgIpc) is 2.80. The number of rotatable bonds is 5. The molecule has 0 unspecified atom stereocenters. The van der Waals surface area contributed by atoms with Crippen molar-refractivity contribution in [2.45, 2.75) is 6.54 Å². The van der Waals surface area contributed by atoms with Gasteiger partial charge in [0.2, 0.25) is 0 Å². The largest absolute Gasteiger partial charge is 0.348 e. The molecule has 4 rings (SSSR count). The molecule has 1 amide bonds. The summed E-state index contributed by atoms with van der Waals surface area (Å²) in [5.41, 5.74) is 5.20. The van der Waals surface area contributed by atoms with Crippen LogP contribution in [-0.2, 0) is 6.54 Å². The highest BCUT2D eigenvalue weighted by atomic mass is 35.5. The van der Waals surface area contributed by atoms with Crippen LogP contribution in [0.25, 0.3) is 22.4 Å². The van der Waals surface area contributed by atoms with Gasteiger partial charge in [0.25, 0.3) is 5.91 Å². The summed E-state index contributed by atoms with van der Waals surface area (Å²) in [6.45, 7) is 0.406. The first-order chi connectivity index (χ1) is 14.6. The van der Waals surface area contributed by atoms with Gasteiger partial charge in [-0.2, -0.15) is 0 Å². The monoisotopic (exact) mass is 433 g/mol. The fourth-order valence-corrected chi connectivity index (χ4v) is 3.33. The van der Waals surface area contributed by atoms with Gasteiger partial charge in [-0.1, -0.05) is 41.4 Å². The van der Waals surface area contributed by atoms with Gasteiger partial charge < -0.3 is 5.32 Å². The molecule has 6 heteroatoms. The molecule has 0 saturated heterocycles. The van der Waals surface area contributed by atoms with Crippen molar-refractivity contribution in [1.82, 2.24) is 15.3 Å². The molecule has 2 aromatic carbocycles. The molecular weight excluding hydrogens is 417 g/mol. The second-order valence-corrected chi connectivity index (χ2v) is 7.49. The zero-order valence-electron chi connectivity index (χ0n) is 15.8. The second-order valence-electron chi connectivity index (χ2n) is 6.68. The Morgan fingerprint density at radius 3 is 2.37 bits per heavy atom. The minimum Gasteiger partial charge on any atom is -0.348 e. The third kappa shape index (κ3) is 4.67. The Hall–Kier alpha value is -3.21. The van der Waals surface area contributed by atoms with E-state index in [0.717, 1.165) is 27.9 Å². The standard InChI is InChI=1S/C24H17Cl2N3O/c25-21-8-7-19(13-22(21)26)17-3-5-18(6-4-17)24(30)29-14-16-9-11-28-23(12-16)20-2-1-10-27-15-20/h1-13,15H,14H2,(H,29,30). The normalized spacial score (nSPS) is 10.6. The maximum atomic E-state index is 12.5. The number of carbonyl (C=O) groups excluding carboxylic acids is 1. The molecule has 4 nitrogen and oxygen atoms in total. The Bertz CT molecular complexity index is 1180. The first-order valence-electron chi connectivity index (χ1n) is 9.29. The highest BCUT2D eigenvalue weighted by Crippen LogP contribution is 2.28. The lowest BCUT2D eigenvalue weighted by atomic mass is 10.0. The van der Waals surface area contributed by atoms with E-state index >= 15 is 0 Å². The summed E-state index contributed by atoms with van der Waals surface area (Å²) in [6.07, 6.45) is 5.22. The number of hydrogen-bond acceptors (Lipinski definition) is 3. The van der Waals surface area contributed by atoms with Crippen molar-refractivity contribution in [3.8, 4) is 22.4 Å². The average molecular weight is 434 g/mol. The van der Waals surface area contributed by atoms with E-state index in [4.69, 9.17) is 23.2 Å². The molecule has 0 aliphatic rings. The van der Waals surface area contributed by atoms with Crippen LogP contribution in [0.15, 0.2) is 85.3 Å². The fraction of sp³-hybridized carbons (Fsp3) is 0.0417. The molecule has 148 valence electrons. The zero-order chi connectivity index (χ0) is 20.9. The van der Waals surface area contributed by atoms with Gasteiger partial charge in [-0.05, 0) is 65.2 Å². The van der Waals surface area contributed by atoms with E-state index in [1.807, 2.05) is 48.5 Å². The lowest BCUT2D eigenvalue weighted by Gasteiger charge is -2.08. The number of pyridine rings is 2.